The van der Waals surface area contributed by atoms with Gasteiger partial charge in [-0.3, -0.25) is 10.2 Å². The molecule has 0 aromatic heterocycles. The summed E-state index contributed by atoms with van der Waals surface area (Å²) in [6, 6.07) is 8.49. The Labute approximate surface area is 192 Å². The van der Waals surface area contributed by atoms with Gasteiger partial charge in [-0.05, 0) is 40.2 Å². The largest absolute Gasteiger partial charge is 0.444 e. The first kappa shape index (κ1) is 28.7. The number of alkyl carbamates (subject to hydrolysis) is 1. The molecule has 0 saturated heterocycles. The number of alkyl halides is 3. The predicted octanol–water partition coefficient (Wildman–Crippen LogP) is 3.25. The van der Waals surface area contributed by atoms with Crippen LogP contribution in [0.15, 0.2) is 30.3 Å². The molecular formula is C22H34F3N3O5. The van der Waals surface area contributed by atoms with E-state index in [1.165, 1.54) is 13.8 Å². The van der Waals surface area contributed by atoms with Crippen LogP contribution >= 0.6 is 0 Å². The summed E-state index contributed by atoms with van der Waals surface area (Å²) in [6.07, 6.45) is -6.72. The molecule has 0 aliphatic rings. The zero-order valence-electron chi connectivity index (χ0n) is 19.6. The number of ether oxygens (including phenoxy) is 3. The number of carbonyl (C=O) groups is 2. The fraction of sp³-hybridized carbons (Fsp3) is 0.636. The van der Waals surface area contributed by atoms with Gasteiger partial charge in [0, 0.05) is 13.0 Å². The zero-order valence-corrected chi connectivity index (χ0v) is 19.6. The van der Waals surface area contributed by atoms with Crippen LogP contribution in [0, 0.1) is 0 Å². The van der Waals surface area contributed by atoms with E-state index >= 15 is 0 Å². The highest BCUT2D eigenvalue weighted by molar-refractivity contribution is 5.85. The van der Waals surface area contributed by atoms with Gasteiger partial charge in [0.25, 0.3) is 5.91 Å². The summed E-state index contributed by atoms with van der Waals surface area (Å²) in [5.74, 6) is 3.98. The number of benzene rings is 1. The second kappa shape index (κ2) is 12.2. The Morgan fingerprint density at radius 1 is 1.09 bits per heavy atom. The number of rotatable bonds is 12. The number of halogens is 3. The van der Waals surface area contributed by atoms with Crippen molar-refractivity contribution < 1.29 is 37.0 Å². The molecule has 1 rings (SSSR count). The van der Waals surface area contributed by atoms with Crippen molar-refractivity contribution in [2.75, 3.05) is 13.2 Å². The van der Waals surface area contributed by atoms with Crippen LogP contribution in [0.3, 0.4) is 0 Å². The molecule has 1 aromatic rings. The lowest BCUT2D eigenvalue weighted by atomic mass is 9.96. The van der Waals surface area contributed by atoms with E-state index in [9.17, 15) is 22.8 Å². The van der Waals surface area contributed by atoms with Crippen LogP contribution in [0.25, 0.3) is 0 Å². The van der Waals surface area contributed by atoms with E-state index in [0.29, 0.717) is 5.56 Å². The molecule has 2 amide bonds. The van der Waals surface area contributed by atoms with Gasteiger partial charge in [-0.2, -0.15) is 0 Å². The molecule has 0 fully saturated rings. The van der Waals surface area contributed by atoms with Crippen LogP contribution in [-0.2, 0) is 25.6 Å². The molecule has 3 atom stereocenters. The van der Waals surface area contributed by atoms with Crippen LogP contribution in [-0.4, -0.2) is 54.6 Å². The van der Waals surface area contributed by atoms with E-state index in [4.69, 9.17) is 20.1 Å². The summed E-state index contributed by atoms with van der Waals surface area (Å²) in [5, 5.41) is 2.41. The van der Waals surface area contributed by atoms with Crippen molar-refractivity contribution >= 4 is 12.0 Å². The molecule has 0 aliphatic heterocycles. The monoisotopic (exact) mass is 477 g/mol. The molecule has 2 unspecified atom stereocenters. The normalized spacial score (nSPS) is 15.8. The third kappa shape index (κ3) is 9.97. The fourth-order valence-corrected chi connectivity index (χ4v) is 2.73. The Kier molecular flexibility index (Phi) is 10.6. The lowest BCUT2D eigenvalue weighted by Gasteiger charge is -2.33. The van der Waals surface area contributed by atoms with Gasteiger partial charge < -0.3 is 19.5 Å². The van der Waals surface area contributed by atoms with Gasteiger partial charge in [0.15, 0.2) is 11.8 Å². The smallest absolute Gasteiger partial charge is 0.407 e. The molecule has 11 heteroatoms. The van der Waals surface area contributed by atoms with Crippen molar-refractivity contribution in [1.82, 2.24) is 10.7 Å². The quantitative estimate of drug-likeness (QED) is 0.242. The molecule has 0 heterocycles. The predicted molar refractivity (Wildman–Crippen MR) is 116 cm³/mol. The first-order valence-corrected chi connectivity index (χ1v) is 10.4. The van der Waals surface area contributed by atoms with Gasteiger partial charge in [0.2, 0.25) is 6.36 Å². The Bertz CT molecular complexity index is 761. The highest BCUT2D eigenvalue weighted by atomic mass is 19.2. The van der Waals surface area contributed by atoms with Crippen molar-refractivity contribution in [2.45, 2.75) is 77.0 Å². The first-order valence-electron chi connectivity index (χ1n) is 10.4. The summed E-state index contributed by atoms with van der Waals surface area (Å²) in [5.41, 5.74) is -2.11. The number of hydrogen-bond acceptors (Lipinski definition) is 6. The van der Waals surface area contributed by atoms with Gasteiger partial charge >= 0.3 is 6.09 Å². The number of hydrogen-bond donors (Lipinski definition) is 3. The van der Waals surface area contributed by atoms with E-state index < -0.39 is 54.4 Å². The molecule has 0 bridgehead atoms. The van der Waals surface area contributed by atoms with Crippen molar-refractivity contribution in [3.63, 3.8) is 0 Å². The minimum Gasteiger partial charge on any atom is -0.444 e. The first-order chi connectivity index (χ1) is 15.2. The summed E-state index contributed by atoms with van der Waals surface area (Å²) >= 11 is 0. The minimum atomic E-state index is -2.54. The molecule has 188 valence electrons. The van der Waals surface area contributed by atoms with Crippen LogP contribution in [0.1, 0.15) is 46.6 Å². The molecule has 1 aromatic carbocycles. The molecule has 4 N–H and O–H groups in total. The summed E-state index contributed by atoms with van der Waals surface area (Å²) in [7, 11) is 0. The topological polar surface area (TPSA) is 112 Å². The van der Waals surface area contributed by atoms with Crippen LogP contribution < -0.4 is 16.6 Å². The second-order valence-electron chi connectivity index (χ2n) is 9.18. The summed E-state index contributed by atoms with van der Waals surface area (Å²) in [4.78, 5) is 24.0. The maximum atomic E-state index is 14.8. The van der Waals surface area contributed by atoms with E-state index in [1.54, 1.807) is 56.5 Å². The second-order valence-corrected chi connectivity index (χ2v) is 9.18. The molecular weight excluding hydrogens is 443 g/mol. The minimum absolute atomic E-state index is 0.197. The van der Waals surface area contributed by atoms with E-state index in [-0.39, 0.29) is 13.2 Å². The Balaban J connectivity index is 2.79. The molecule has 0 aliphatic carbocycles. The third-order valence-electron chi connectivity index (χ3n) is 4.42. The zero-order chi connectivity index (χ0) is 25.3. The Morgan fingerprint density at radius 2 is 1.70 bits per heavy atom. The van der Waals surface area contributed by atoms with Gasteiger partial charge in [-0.1, -0.05) is 30.3 Å². The van der Waals surface area contributed by atoms with Crippen molar-refractivity contribution in [3.05, 3.63) is 35.9 Å². The lowest BCUT2D eigenvalue weighted by molar-refractivity contribution is -0.182. The Morgan fingerprint density at radius 3 is 2.21 bits per heavy atom. The standard InChI is InChI=1S/C22H34F3N3O5/c1-20(2,3)33-19(30)27-14-21(4,5)32-17(25)16(24)11-22(13-23,18(29)28-26)31-12-15-9-7-6-8-10-15/h6-10,16-17H,11-14,26H2,1-5H3,(H,27,30)(H,28,29)/t16?,17?,22-/m0/s1. The van der Waals surface area contributed by atoms with E-state index in [1.807, 2.05) is 0 Å². The van der Waals surface area contributed by atoms with Crippen LogP contribution in [0.4, 0.5) is 18.0 Å². The molecule has 0 saturated carbocycles. The van der Waals surface area contributed by atoms with Gasteiger partial charge in [-0.25, -0.2) is 23.8 Å². The number of nitrogens with one attached hydrogen (secondary N) is 2. The molecule has 0 spiro atoms. The van der Waals surface area contributed by atoms with Crippen molar-refractivity contribution in [2.24, 2.45) is 5.84 Å². The SMILES string of the molecule is CC(C)(C)OC(=O)NCC(C)(C)OC(F)C(F)C[C@@](CF)(OCc1ccccc1)C(=O)NN. The van der Waals surface area contributed by atoms with Gasteiger partial charge in [-0.15, -0.1) is 0 Å². The average molecular weight is 478 g/mol. The number of nitrogens with two attached hydrogens (primary N) is 1. The maximum Gasteiger partial charge on any atom is 0.407 e. The molecule has 33 heavy (non-hydrogen) atoms. The lowest BCUT2D eigenvalue weighted by Crippen LogP contribution is -2.55. The average Bonchev–Trinajstić information content (AvgIpc) is 2.74. The third-order valence-corrected chi connectivity index (χ3v) is 4.42. The number of amides is 2. The van der Waals surface area contributed by atoms with Crippen molar-refractivity contribution in [1.29, 1.82) is 0 Å². The summed E-state index contributed by atoms with van der Waals surface area (Å²) < 4.78 is 58.9. The van der Waals surface area contributed by atoms with Gasteiger partial charge in [0.05, 0.1) is 12.2 Å². The molecule has 8 nitrogen and oxygen atoms in total. The van der Waals surface area contributed by atoms with E-state index in [2.05, 4.69) is 5.32 Å². The summed E-state index contributed by atoms with van der Waals surface area (Å²) in [6.45, 7) is 6.00. The number of carbonyl (C=O) groups excluding carboxylic acids is 2. The molecule has 0 radical (unpaired) electrons. The van der Waals surface area contributed by atoms with E-state index in [0.717, 1.165) is 0 Å². The van der Waals surface area contributed by atoms with Gasteiger partial charge in [0.1, 0.15) is 12.3 Å². The van der Waals surface area contributed by atoms with Crippen molar-refractivity contribution in [3.8, 4) is 0 Å². The highest BCUT2D eigenvalue weighted by Crippen LogP contribution is 2.28. The van der Waals surface area contributed by atoms with Crippen LogP contribution in [0.2, 0.25) is 0 Å². The maximum absolute atomic E-state index is 14.8. The Hall–Kier alpha value is -2.37. The van der Waals surface area contributed by atoms with Crippen LogP contribution in [0.5, 0.6) is 0 Å². The number of hydrazine groups is 1. The fourth-order valence-electron chi connectivity index (χ4n) is 2.73. The highest BCUT2D eigenvalue weighted by Gasteiger charge is 2.45.